The molecule has 1 unspecified atom stereocenters. The monoisotopic (exact) mass is 283 g/mol. The van der Waals surface area contributed by atoms with Crippen molar-refractivity contribution in [1.29, 1.82) is 0 Å². The van der Waals surface area contributed by atoms with Crippen LogP contribution < -0.4 is 10.6 Å². The molecule has 2 aliphatic heterocycles. The summed E-state index contributed by atoms with van der Waals surface area (Å²) in [5.74, 6) is 0.610. The number of urea groups is 1. The Balaban J connectivity index is 1.63. The van der Waals surface area contributed by atoms with Crippen LogP contribution in [0.25, 0.3) is 0 Å². The number of likely N-dealkylation sites (tertiary alicyclic amines) is 1. The van der Waals surface area contributed by atoms with Crippen LogP contribution in [0, 0.1) is 5.92 Å². The van der Waals surface area contributed by atoms with Gasteiger partial charge in [0.15, 0.2) is 0 Å². The molecule has 2 rings (SSSR count). The summed E-state index contributed by atoms with van der Waals surface area (Å²) >= 11 is 0. The molecular formula is C15H29N3O2. The van der Waals surface area contributed by atoms with E-state index < -0.39 is 0 Å². The van der Waals surface area contributed by atoms with Gasteiger partial charge in [-0.15, -0.1) is 0 Å². The van der Waals surface area contributed by atoms with Gasteiger partial charge in [-0.2, -0.15) is 0 Å². The lowest BCUT2D eigenvalue weighted by Crippen LogP contribution is -2.49. The van der Waals surface area contributed by atoms with Gasteiger partial charge in [-0.25, -0.2) is 4.79 Å². The minimum absolute atomic E-state index is 0.0517. The van der Waals surface area contributed by atoms with Crippen LogP contribution in [-0.2, 0) is 4.74 Å². The lowest BCUT2D eigenvalue weighted by molar-refractivity contribution is 0.110. The van der Waals surface area contributed by atoms with Gasteiger partial charge in [-0.1, -0.05) is 0 Å². The van der Waals surface area contributed by atoms with E-state index in [1.807, 2.05) is 20.8 Å². The normalized spacial score (nSPS) is 25.6. The fourth-order valence-corrected chi connectivity index (χ4v) is 2.95. The molecule has 0 aromatic rings. The molecule has 0 saturated carbocycles. The zero-order valence-corrected chi connectivity index (χ0v) is 13.1. The van der Waals surface area contributed by atoms with Crippen LogP contribution in [-0.4, -0.2) is 55.4 Å². The van der Waals surface area contributed by atoms with E-state index in [4.69, 9.17) is 4.74 Å². The minimum Gasteiger partial charge on any atom is -0.380 e. The standard InChI is InChI=1S/C15H29N3O2/c1-15(2,3)17-14(19)16-10-12-4-7-18(8-5-12)13-6-9-20-11-13/h12-13H,4-11H2,1-3H3,(H2,16,17,19). The van der Waals surface area contributed by atoms with Crippen molar-refractivity contribution in [3.63, 3.8) is 0 Å². The summed E-state index contributed by atoms with van der Waals surface area (Å²) in [7, 11) is 0. The molecule has 2 aliphatic rings. The second-order valence-corrected chi connectivity index (χ2v) is 7.08. The first-order valence-corrected chi connectivity index (χ1v) is 7.82. The third-order valence-corrected chi connectivity index (χ3v) is 4.11. The number of piperidine rings is 1. The van der Waals surface area contributed by atoms with Crippen molar-refractivity contribution in [2.45, 2.75) is 51.6 Å². The molecule has 0 radical (unpaired) electrons. The molecule has 1 atom stereocenters. The van der Waals surface area contributed by atoms with Crippen LogP contribution in [0.15, 0.2) is 0 Å². The van der Waals surface area contributed by atoms with Gasteiger partial charge in [0.1, 0.15) is 0 Å². The molecule has 2 fully saturated rings. The molecular weight excluding hydrogens is 254 g/mol. The smallest absolute Gasteiger partial charge is 0.315 e. The summed E-state index contributed by atoms with van der Waals surface area (Å²) in [5.41, 5.74) is -0.171. The second kappa shape index (κ2) is 6.76. The highest BCUT2D eigenvalue weighted by Crippen LogP contribution is 2.21. The van der Waals surface area contributed by atoms with Crippen LogP contribution in [0.5, 0.6) is 0 Å². The Labute approximate surface area is 122 Å². The van der Waals surface area contributed by atoms with Crippen molar-refractivity contribution < 1.29 is 9.53 Å². The fourth-order valence-electron chi connectivity index (χ4n) is 2.95. The molecule has 0 aliphatic carbocycles. The number of ether oxygens (including phenoxy) is 1. The SMILES string of the molecule is CC(C)(C)NC(=O)NCC1CCN(C2CCOC2)CC1. The van der Waals surface area contributed by atoms with Crippen molar-refractivity contribution in [1.82, 2.24) is 15.5 Å². The van der Waals surface area contributed by atoms with E-state index in [9.17, 15) is 4.79 Å². The number of hydrogen-bond donors (Lipinski definition) is 2. The number of amides is 2. The van der Waals surface area contributed by atoms with E-state index in [-0.39, 0.29) is 11.6 Å². The summed E-state index contributed by atoms with van der Waals surface area (Å²) in [6.07, 6.45) is 3.52. The first-order valence-electron chi connectivity index (χ1n) is 7.82. The number of nitrogens with zero attached hydrogens (tertiary/aromatic N) is 1. The van der Waals surface area contributed by atoms with Crippen molar-refractivity contribution in [2.24, 2.45) is 5.92 Å². The average Bonchev–Trinajstić information content (AvgIpc) is 2.89. The van der Waals surface area contributed by atoms with Crippen LogP contribution >= 0.6 is 0 Å². The Morgan fingerprint density at radius 2 is 1.95 bits per heavy atom. The molecule has 5 nitrogen and oxygen atoms in total. The summed E-state index contributed by atoms with van der Waals surface area (Å²) in [6.45, 7) is 10.9. The van der Waals surface area contributed by atoms with E-state index >= 15 is 0 Å². The Morgan fingerprint density at radius 3 is 2.50 bits per heavy atom. The lowest BCUT2D eigenvalue weighted by Gasteiger charge is -2.35. The Kier molecular flexibility index (Phi) is 5.27. The predicted octanol–water partition coefficient (Wildman–Crippen LogP) is 1.58. The van der Waals surface area contributed by atoms with Crippen LogP contribution in [0.4, 0.5) is 4.79 Å². The number of carbonyl (C=O) groups is 1. The highest BCUT2D eigenvalue weighted by molar-refractivity contribution is 5.74. The number of hydrogen-bond acceptors (Lipinski definition) is 3. The molecule has 5 heteroatoms. The lowest BCUT2D eigenvalue weighted by atomic mass is 9.95. The van der Waals surface area contributed by atoms with E-state index in [0.29, 0.717) is 12.0 Å². The van der Waals surface area contributed by atoms with Crippen molar-refractivity contribution in [2.75, 3.05) is 32.8 Å². The molecule has 0 spiro atoms. The number of rotatable bonds is 3. The predicted molar refractivity (Wildman–Crippen MR) is 79.8 cm³/mol. The zero-order valence-electron chi connectivity index (χ0n) is 13.1. The Morgan fingerprint density at radius 1 is 1.25 bits per heavy atom. The largest absolute Gasteiger partial charge is 0.380 e. The van der Waals surface area contributed by atoms with Crippen molar-refractivity contribution in [3.05, 3.63) is 0 Å². The quantitative estimate of drug-likeness (QED) is 0.827. The summed E-state index contributed by atoms with van der Waals surface area (Å²) in [4.78, 5) is 14.3. The molecule has 2 saturated heterocycles. The van der Waals surface area contributed by atoms with E-state index in [1.54, 1.807) is 0 Å². The van der Waals surface area contributed by atoms with Gasteiger partial charge in [-0.3, -0.25) is 4.90 Å². The molecule has 116 valence electrons. The van der Waals surface area contributed by atoms with Gasteiger partial charge in [0.05, 0.1) is 6.61 Å². The van der Waals surface area contributed by atoms with Gasteiger partial charge in [0.25, 0.3) is 0 Å². The third kappa shape index (κ3) is 4.94. The Hall–Kier alpha value is -0.810. The highest BCUT2D eigenvalue weighted by Gasteiger charge is 2.27. The summed E-state index contributed by atoms with van der Waals surface area (Å²) in [6, 6.07) is 0.581. The van der Waals surface area contributed by atoms with Gasteiger partial charge < -0.3 is 15.4 Å². The van der Waals surface area contributed by atoms with Crippen LogP contribution in [0.1, 0.15) is 40.0 Å². The fraction of sp³-hybridized carbons (Fsp3) is 0.933. The summed E-state index contributed by atoms with van der Waals surface area (Å²) < 4.78 is 5.46. The average molecular weight is 283 g/mol. The minimum atomic E-state index is -0.171. The molecule has 2 amide bonds. The molecule has 0 aromatic heterocycles. The molecule has 0 aromatic carbocycles. The molecule has 2 N–H and O–H groups in total. The Bertz CT molecular complexity index is 314. The van der Waals surface area contributed by atoms with Gasteiger partial charge in [-0.05, 0) is 59.0 Å². The first-order chi connectivity index (χ1) is 9.44. The van der Waals surface area contributed by atoms with Gasteiger partial charge in [0, 0.05) is 24.7 Å². The van der Waals surface area contributed by atoms with Crippen LogP contribution in [0.3, 0.4) is 0 Å². The molecule has 0 bridgehead atoms. The van der Waals surface area contributed by atoms with Crippen molar-refractivity contribution in [3.8, 4) is 0 Å². The first kappa shape index (κ1) is 15.6. The number of nitrogens with one attached hydrogen (secondary N) is 2. The topological polar surface area (TPSA) is 53.6 Å². The maximum absolute atomic E-state index is 11.7. The summed E-state index contributed by atoms with van der Waals surface area (Å²) in [5, 5.41) is 5.94. The highest BCUT2D eigenvalue weighted by atomic mass is 16.5. The van der Waals surface area contributed by atoms with Gasteiger partial charge in [0.2, 0.25) is 0 Å². The van der Waals surface area contributed by atoms with Crippen LogP contribution in [0.2, 0.25) is 0 Å². The second-order valence-electron chi connectivity index (χ2n) is 7.08. The van der Waals surface area contributed by atoms with Gasteiger partial charge >= 0.3 is 6.03 Å². The van der Waals surface area contributed by atoms with E-state index in [2.05, 4.69) is 15.5 Å². The van der Waals surface area contributed by atoms with E-state index in [0.717, 1.165) is 32.8 Å². The maximum Gasteiger partial charge on any atom is 0.315 e. The maximum atomic E-state index is 11.7. The molecule has 2 heterocycles. The number of carbonyl (C=O) groups excluding carboxylic acids is 1. The van der Waals surface area contributed by atoms with Crippen molar-refractivity contribution >= 4 is 6.03 Å². The molecule has 20 heavy (non-hydrogen) atoms. The van der Waals surface area contributed by atoms with E-state index in [1.165, 1.54) is 19.3 Å². The zero-order chi connectivity index (χ0) is 14.6. The third-order valence-electron chi connectivity index (χ3n) is 4.11.